The number of carbonyl (C=O) groups is 1. The number of para-hydroxylation sites is 1. The van der Waals surface area contributed by atoms with Crippen molar-refractivity contribution in [3.63, 3.8) is 0 Å². The fourth-order valence-electron chi connectivity index (χ4n) is 4.47. The lowest BCUT2D eigenvalue weighted by Gasteiger charge is -2.29. The molecule has 0 bridgehead atoms. The van der Waals surface area contributed by atoms with Crippen LogP contribution in [0.1, 0.15) is 60.5 Å². The van der Waals surface area contributed by atoms with Gasteiger partial charge >= 0.3 is 0 Å². The van der Waals surface area contributed by atoms with Gasteiger partial charge in [0.25, 0.3) is 5.91 Å². The second kappa shape index (κ2) is 8.57. The normalized spacial score (nSPS) is 21.9. The van der Waals surface area contributed by atoms with Gasteiger partial charge in [0.2, 0.25) is 5.89 Å². The molecule has 2 heterocycles. The highest BCUT2D eigenvalue weighted by molar-refractivity contribution is 6.08. The first kappa shape index (κ1) is 19.8. The number of H-pyrrole nitrogens is 1. The zero-order valence-corrected chi connectivity index (χ0v) is 17.8. The molecule has 0 radical (unpaired) electrons. The van der Waals surface area contributed by atoms with E-state index in [9.17, 15) is 4.79 Å². The lowest BCUT2D eigenvalue weighted by atomic mass is 9.83. The van der Waals surface area contributed by atoms with Crippen molar-refractivity contribution in [3.05, 3.63) is 53.9 Å². The number of oxazole rings is 1. The van der Waals surface area contributed by atoms with Gasteiger partial charge in [-0.2, -0.15) is 0 Å². The van der Waals surface area contributed by atoms with Crippen molar-refractivity contribution in [1.82, 2.24) is 15.3 Å². The van der Waals surface area contributed by atoms with E-state index in [1.807, 2.05) is 31.2 Å². The van der Waals surface area contributed by atoms with Gasteiger partial charge in [-0.1, -0.05) is 23.4 Å². The van der Waals surface area contributed by atoms with E-state index in [4.69, 9.17) is 9.25 Å². The Morgan fingerprint density at radius 1 is 1.23 bits per heavy atom. The third kappa shape index (κ3) is 4.36. The highest BCUT2D eigenvalue weighted by atomic mass is 16.6. The molecule has 0 aliphatic heterocycles. The smallest absolute Gasteiger partial charge is 0.253 e. The molecule has 2 aliphatic carbocycles. The van der Waals surface area contributed by atoms with Crippen molar-refractivity contribution >= 4 is 22.5 Å². The number of amides is 1. The van der Waals surface area contributed by atoms with E-state index in [1.54, 1.807) is 12.5 Å². The van der Waals surface area contributed by atoms with Crippen LogP contribution in [0.15, 0.2) is 46.3 Å². The number of nitrogens with zero attached hydrogens (tertiary/aromatic N) is 2. The van der Waals surface area contributed by atoms with Crippen LogP contribution in [0, 0.1) is 18.8 Å². The van der Waals surface area contributed by atoms with Crippen LogP contribution in [0.4, 0.5) is 0 Å². The lowest BCUT2D eigenvalue weighted by molar-refractivity contribution is 0.0925. The first-order valence-corrected chi connectivity index (χ1v) is 11.2. The third-order valence-electron chi connectivity index (χ3n) is 6.39. The monoisotopic (exact) mass is 420 g/mol. The highest BCUT2D eigenvalue weighted by Gasteiger charge is 2.30. The van der Waals surface area contributed by atoms with E-state index >= 15 is 0 Å². The van der Waals surface area contributed by atoms with E-state index in [2.05, 4.69) is 20.4 Å². The maximum absolute atomic E-state index is 13.0. The minimum Gasteiger partial charge on any atom is -0.443 e. The maximum Gasteiger partial charge on any atom is 0.253 e. The molecule has 0 atom stereocenters. The summed E-state index contributed by atoms with van der Waals surface area (Å²) >= 11 is 0. The molecule has 2 N–H and O–H groups in total. The number of rotatable bonds is 7. The third-order valence-corrected chi connectivity index (χ3v) is 6.39. The zero-order chi connectivity index (χ0) is 21.2. The van der Waals surface area contributed by atoms with Crippen LogP contribution in [0.25, 0.3) is 10.9 Å². The fraction of sp³-hybridized carbons (Fsp3) is 0.458. The second-order valence-corrected chi connectivity index (χ2v) is 8.75. The maximum atomic E-state index is 13.0. The Balaban J connectivity index is 1.23. The van der Waals surface area contributed by atoms with Gasteiger partial charge in [-0.15, -0.1) is 0 Å². The van der Waals surface area contributed by atoms with E-state index in [1.165, 1.54) is 12.8 Å². The average Bonchev–Trinajstić information content (AvgIpc) is 3.30. The van der Waals surface area contributed by atoms with Crippen LogP contribution >= 0.6 is 0 Å². The average molecular weight is 421 g/mol. The molecular weight excluding hydrogens is 392 g/mol. The predicted molar refractivity (Wildman–Crippen MR) is 118 cm³/mol. The molecule has 7 nitrogen and oxygen atoms in total. The van der Waals surface area contributed by atoms with Crippen molar-refractivity contribution in [2.24, 2.45) is 17.0 Å². The standard InChI is InChI=1S/C24H28N4O3/c1-15-21(19-4-2-3-5-20(19)26-15)23(29)27-18-10-8-17(9-11-18)22(24-25-12-13-30-24)28-31-14-16-6-7-16/h2-5,12-13,16-18,26H,6-11,14H2,1H3,(H,27,29)/b28-22-/t17-,18-. The van der Waals surface area contributed by atoms with Crippen LogP contribution < -0.4 is 5.32 Å². The number of fused-ring (bicyclic) bond motifs is 1. The molecule has 0 unspecified atom stereocenters. The van der Waals surface area contributed by atoms with Gasteiger partial charge in [0.15, 0.2) is 0 Å². The molecule has 31 heavy (non-hydrogen) atoms. The summed E-state index contributed by atoms with van der Waals surface area (Å²) in [6.07, 6.45) is 9.26. The molecule has 0 saturated heterocycles. The van der Waals surface area contributed by atoms with Gasteiger partial charge < -0.3 is 19.6 Å². The van der Waals surface area contributed by atoms with Gasteiger partial charge in [-0.3, -0.25) is 4.79 Å². The molecule has 2 aromatic heterocycles. The molecule has 2 fully saturated rings. The predicted octanol–water partition coefficient (Wildman–Crippen LogP) is 4.58. The van der Waals surface area contributed by atoms with E-state index in [0.717, 1.165) is 53.6 Å². The number of aryl methyl sites for hydroxylation is 1. The number of carbonyl (C=O) groups excluding carboxylic acids is 1. The van der Waals surface area contributed by atoms with Gasteiger partial charge in [-0.05, 0) is 57.4 Å². The summed E-state index contributed by atoms with van der Waals surface area (Å²) in [6, 6.07) is 8.08. The molecule has 1 amide bonds. The number of oxime groups is 1. The number of aromatic amines is 1. The van der Waals surface area contributed by atoms with Gasteiger partial charge in [0.1, 0.15) is 18.6 Å². The summed E-state index contributed by atoms with van der Waals surface area (Å²) in [5, 5.41) is 8.63. The molecular formula is C24H28N4O3. The number of nitrogens with one attached hydrogen (secondary N) is 2. The Labute approximate surface area is 181 Å². The Bertz CT molecular complexity index is 1070. The van der Waals surface area contributed by atoms with Crippen LogP contribution in [0.2, 0.25) is 0 Å². The fourth-order valence-corrected chi connectivity index (χ4v) is 4.47. The van der Waals surface area contributed by atoms with Crippen LogP contribution in [0.3, 0.4) is 0 Å². The van der Waals surface area contributed by atoms with Gasteiger partial charge in [0.05, 0.1) is 11.8 Å². The van der Waals surface area contributed by atoms with E-state index in [-0.39, 0.29) is 17.9 Å². The first-order chi connectivity index (χ1) is 15.2. The van der Waals surface area contributed by atoms with E-state index < -0.39 is 0 Å². The Morgan fingerprint density at radius 2 is 2.03 bits per heavy atom. The summed E-state index contributed by atoms with van der Waals surface area (Å²) in [5.74, 6) is 1.40. The Hall–Kier alpha value is -3.09. The highest BCUT2D eigenvalue weighted by Crippen LogP contribution is 2.31. The molecule has 5 rings (SSSR count). The number of benzene rings is 1. The lowest BCUT2D eigenvalue weighted by Crippen LogP contribution is -2.39. The van der Waals surface area contributed by atoms with Crippen molar-refractivity contribution in [2.45, 2.75) is 51.5 Å². The summed E-state index contributed by atoms with van der Waals surface area (Å²) in [6.45, 7) is 2.62. The second-order valence-electron chi connectivity index (χ2n) is 8.75. The number of hydrogen-bond donors (Lipinski definition) is 2. The van der Waals surface area contributed by atoms with E-state index in [0.29, 0.717) is 18.4 Å². The van der Waals surface area contributed by atoms with Gasteiger partial charge in [-0.25, -0.2) is 4.98 Å². The summed E-state index contributed by atoms with van der Waals surface area (Å²) in [5.41, 5.74) is 3.43. The number of hydrogen-bond acceptors (Lipinski definition) is 5. The van der Waals surface area contributed by atoms with Gasteiger partial charge in [0, 0.05) is 28.6 Å². The van der Waals surface area contributed by atoms with Crippen LogP contribution in [-0.2, 0) is 4.84 Å². The van der Waals surface area contributed by atoms with Crippen LogP contribution in [0.5, 0.6) is 0 Å². The minimum absolute atomic E-state index is 0.00671. The molecule has 162 valence electrons. The molecule has 2 saturated carbocycles. The minimum atomic E-state index is -0.00671. The largest absolute Gasteiger partial charge is 0.443 e. The Morgan fingerprint density at radius 3 is 2.77 bits per heavy atom. The summed E-state index contributed by atoms with van der Waals surface area (Å²) in [4.78, 5) is 26.2. The molecule has 0 spiro atoms. The summed E-state index contributed by atoms with van der Waals surface area (Å²) in [7, 11) is 0. The zero-order valence-electron chi connectivity index (χ0n) is 17.8. The SMILES string of the molecule is Cc1[nH]c2ccccc2c1C(=O)N[C@H]1CC[C@H](/C(=N/OCC2CC2)c2ncco2)CC1. The van der Waals surface area contributed by atoms with Crippen molar-refractivity contribution in [3.8, 4) is 0 Å². The molecule has 7 heteroatoms. The van der Waals surface area contributed by atoms with Crippen LogP contribution in [-0.4, -0.2) is 34.2 Å². The van der Waals surface area contributed by atoms with Crippen molar-refractivity contribution in [2.75, 3.05) is 6.61 Å². The number of aromatic nitrogens is 2. The summed E-state index contributed by atoms with van der Waals surface area (Å²) < 4.78 is 5.52. The van der Waals surface area contributed by atoms with Crippen molar-refractivity contribution in [1.29, 1.82) is 0 Å². The molecule has 1 aromatic carbocycles. The molecule has 2 aliphatic rings. The topological polar surface area (TPSA) is 92.5 Å². The first-order valence-electron chi connectivity index (χ1n) is 11.2. The quantitative estimate of drug-likeness (QED) is 0.432. The molecule has 3 aromatic rings. The van der Waals surface area contributed by atoms with Crippen molar-refractivity contribution < 1.29 is 14.0 Å². The Kier molecular flexibility index (Phi) is 5.49.